The number of rotatable bonds is 6. The molecule has 0 radical (unpaired) electrons. The van der Waals surface area contributed by atoms with E-state index in [-0.39, 0.29) is 0 Å². The first-order chi connectivity index (χ1) is 31.8. The Bertz CT molecular complexity index is 3520. The minimum absolute atomic E-state index is 0.577. The average molecular weight is 833 g/mol. The van der Waals surface area contributed by atoms with E-state index in [1.165, 1.54) is 87.2 Å². The molecule has 0 atom stereocenters. The standard InChI is InChI=1S/C61H40N2S/c1-3-17-41(18-4-1)42-31-33-43(34-32-42)47-21-8-13-27-56(47)62(45-36-38-60-51(39-45)50-23-9-16-30-59(50)64-60)46-35-37-49-48-22-7-10-24-52(48)61(55(49)40-46)53-25-11-14-28-57(53)63(44-19-5-2-6-20-44)58-29-15-12-26-54(58)61/h1-40H. The van der Waals surface area contributed by atoms with Crippen LogP contribution < -0.4 is 9.80 Å². The third-order valence-electron chi connectivity index (χ3n) is 13.5. The van der Waals surface area contributed by atoms with Crippen molar-refractivity contribution >= 4 is 65.6 Å². The third-order valence-corrected chi connectivity index (χ3v) is 14.6. The Labute approximate surface area is 377 Å². The van der Waals surface area contributed by atoms with Crippen LogP contribution in [0.3, 0.4) is 0 Å². The second-order valence-electron chi connectivity index (χ2n) is 16.8. The van der Waals surface area contributed by atoms with Gasteiger partial charge in [0.15, 0.2) is 0 Å². The molecule has 0 N–H and O–H groups in total. The molecule has 10 aromatic carbocycles. The molecule has 300 valence electrons. The van der Waals surface area contributed by atoms with Crippen molar-refractivity contribution in [2.24, 2.45) is 0 Å². The lowest BCUT2D eigenvalue weighted by Gasteiger charge is -2.45. The molecule has 0 bridgehead atoms. The minimum atomic E-state index is -0.577. The van der Waals surface area contributed by atoms with Crippen molar-refractivity contribution in [2.45, 2.75) is 5.41 Å². The Morgan fingerprint density at radius 2 is 0.875 bits per heavy atom. The molecule has 3 heteroatoms. The van der Waals surface area contributed by atoms with E-state index in [1.54, 1.807) is 0 Å². The van der Waals surface area contributed by atoms with Crippen LogP contribution in [0, 0.1) is 0 Å². The molecule has 13 rings (SSSR count). The van der Waals surface area contributed by atoms with E-state index in [0.29, 0.717) is 0 Å². The lowest BCUT2D eigenvalue weighted by molar-refractivity contribution is 0.752. The zero-order valence-corrected chi connectivity index (χ0v) is 35.7. The summed E-state index contributed by atoms with van der Waals surface area (Å²) in [6.45, 7) is 0. The summed E-state index contributed by atoms with van der Waals surface area (Å²) < 4.78 is 2.59. The molecule has 0 fully saturated rings. The number of para-hydroxylation sites is 4. The zero-order valence-electron chi connectivity index (χ0n) is 34.9. The number of nitrogens with zero attached hydrogens (tertiary/aromatic N) is 2. The molecule has 2 nitrogen and oxygen atoms in total. The van der Waals surface area contributed by atoms with Gasteiger partial charge in [-0.25, -0.2) is 0 Å². The number of fused-ring (bicyclic) bond motifs is 12. The molecule has 1 aliphatic carbocycles. The van der Waals surface area contributed by atoms with E-state index in [4.69, 9.17) is 0 Å². The van der Waals surface area contributed by atoms with Gasteiger partial charge in [-0.2, -0.15) is 0 Å². The van der Waals surface area contributed by atoms with E-state index >= 15 is 0 Å². The molecule has 1 spiro atoms. The summed E-state index contributed by atoms with van der Waals surface area (Å²) in [4.78, 5) is 4.95. The maximum atomic E-state index is 2.51. The Hall–Kier alpha value is -7.98. The summed E-state index contributed by atoms with van der Waals surface area (Å²) >= 11 is 1.86. The molecule has 0 saturated heterocycles. The van der Waals surface area contributed by atoms with Crippen molar-refractivity contribution in [3.63, 3.8) is 0 Å². The van der Waals surface area contributed by atoms with Crippen LogP contribution in [0.2, 0.25) is 0 Å². The van der Waals surface area contributed by atoms with Gasteiger partial charge in [-0.15, -0.1) is 11.3 Å². The van der Waals surface area contributed by atoms with Crippen molar-refractivity contribution in [1.82, 2.24) is 0 Å². The van der Waals surface area contributed by atoms with Crippen molar-refractivity contribution in [3.8, 4) is 33.4 Å². The van der Waals surface area contributed by atoms with Gasteiger partial charge in [-0.05, 0) is 117 Å². The molecule has 1 aromatic heterocycles. The van der Waals surface area contributed by atoms with Crippen molar-refractivity contribution in [1.29, 1.82) is 0 Å². The third kappa shape index (κ3) is 5.44. The van der Waals surface area contributed by atoms with Gasteiger partial charge >= 0.3 is 0 Å². The quantitative estimate of drug-likeness (QED) is 0.165. The van der Waals surface area contributed by atoms with Crippen molar-refractivity contribution in [3.05, 3.63) is 265 Å². The van der Waals surface area contributed by atoms with Crippen LogP contribution in [0.1, 0.15) is 22.3 Å². The number of hydrogen-bond donors (Lipinski definition) is 0. The summed E-state index contributed by atoms with van der Waals surface area (Å²) in [5.74, 6) is 0. The smallest absolute Gasteiger partial charge is 0.0755 e. The van der Waals surface area contributed by atoms with Gasteiger partial charge in [0, 0.05) is 42.8 Å². The number of hydrogen-bond acceptors (Lipinski definition) is 3. The predicted octanol–water partition coefficient (Wildman–Crippen LogP) is 17.0. The number of thiophene rings is 1. The zero-order chi connectivity index (χ0) is 42.2. The van der Waals surface area contributed by atoms with Gasteiger partial charge in [0.05, 0.1) is 22.5 Å². The van der Waals surface area contributed by atoms with E-state index in [1.807, 2.05) is 11.3 Å². The van der Waals surface area contributed by atoms with Crippen LogP contribution in [-0.2, 0) is 5.41 Å². The van der Waals surface area contributed by atoms with Gasteiger partial charge in [-0.1, -0.05) is 176 Å². The first-order valence-corrected chi connectivity index (χ1v) is 22.8. The molecule has 2 heterocycles. The lowest BCUT2D eigenvalue weighted by Crippen LogP contribution is -2.36. The highest BCUT2D eigenvalue weighted by Crippen LogP contribution is 2.64. The van der Waals surface area contributed by atoms with Crippen molar-refractivity contribution < 1.29 is 0 Å². The van der Waals surface area contributed by atoms with E-state index in [9.17, 15) is 0 Å². The monoisotopic (exact) mass is 832 g/mol. The van der Waals surface area contributed by atoms with Gasteiger partial charge in [0.2, 0.25) is 0 Å². The largest absolute Gasteiger partial charge is 0.310 e. The highest BCUT2D eigenvalue weighted by Gasteiger charge is 2.51. The van der Waals surface area contributed by atoms with Crippen molar-refractivity contribution in [2.75, 3.05) is 9.80 Å². The lowest BCUT2D eigenvalue weighted by atomic mass is 9.64. The number of benzene rings is 10. The fraction of sp³-hybridized carbons (Fsp3) is 0.0164. The Kier molecular flexibility index (Phi) is 8.34. The van der Waals surface area contributed by atoms with Crippen LogP contribution in [0.4, 0.5) is 34.1 Å². The topological polar surface area (TPSA) is 6.48 Å². The second kappa shape index (κ2) is 14.6. The Morgan fingerprint density at radius 3 is 1.64 bits per heavy atom. The van der Waals surface area contributed by atoms with Crippen LogP contribution in [-0.4, -0.2) is 0 Å². The summed E-state index contributed by atoms with van der Waals surface area (Å²) in [5.41, 5.74) is 18.8. The summed E-state index contributed by atoms with van der Waals surface area (Å²) in [7, 11) is 0. The Balaban J connectivity index is 1.07. The first-order valence-electron chi connectivity index (χ1n) is 22.0. The van der Waals surface area contributed by atoms with Gasteiger partial charge in [-0.3, -0.25) is 0 Å². The molecule has 1 aliphatic heterocycles. The van der Waals surface area contributed by atoms with Gasteiger partial charge in [0.25, 0.3) is 0 Å². The predicted molar refractivity (Wildman–Crippen MR) is 270 cm³/mol. The summed E-state index contributed by atoms with van der Waals surface area (Å²) in [6.07, 6.45) is 0. The van der Waals surface area contributed by atoms with Crippen LogP contribution >= 0.6 is 11.3 Å². The highest BCUT2D eigenvalue weighted by molar-refractivity contribution is 7.25. The SMILES string of the molecule is c1ccc(-c2ccc(-c3ccccc3N(c3ccc4c(c3)C3(c5ccccc5-4)c4ccccc4N(c4ccccc4)c4ccccc43)c3ccc4sc5ccccc5c4c3)cc2)cc1. The van der Waals surface area contributed by atoms with Gasteiger partial charge < -0.3 is 9.80 Å². The highest BCUT2D eigenvalue weighted by atomic mass is 32.1. The maximum absolute atomic E-state index is 2.51. The van der Waals surface area contributed by atoms with Gasteiger partial charge in [0.1, 0.15) is 0 Å². The maximum Gasteiger partial charge on any atom is 0.0755 e. The minimum Gasteiger partial charge on any atom is -0.310 e. The first kappa shape index (κ1) is 36.7. The molecular formula is C61H40N2S. The second-order valence-corrected chi connectivity index (χ2v) is 17.9. The van der Waals surface area contributed by atoms with Crippen LogP contribution in [0.25, 0.3) is 53.6 Å². The van der Waals surface area contributed by atoms with E-state index in [0.717, 1.165) is 22.7 Å². The molecule has 0 amide bonds. The van der Waals surface area contributed by atoms with E-state index < -0.39 is 5.41 Å². The molecule has 2 aliphatic rings. The summed E-state index contributed by atoms with van der Waals surface area (Å²) in [6, 6.07) is 89.7. The fourth-order valence-electron chi connectivity index (χ4n) is 10.8. The number of anilines is 6. The normalized spacial score (nSPS) is 13.1. The van der Waals surface area contributed by atoms with E-state index in [2.05, 4.69) is 252 Å². The van der Waals surface area contributed by atoms with Crippen LogP contribution in [0.5, 0.6) is 0 Å². The average Bonchev–Trinajstić information content (AvgIpc) is 3.88. The molecule has 11 aromatic rings. The molecular weight excluding hydrogens is 793 g/mol. The Morgan fingerprint density at radius 1 is 0.344 bits per heavy atom. The molecule has 64 heavy (non-hydrogen) atoms. The fourth-order valence-corrected chi connectivity index (χ4v) is 11.8. The molecule has 0 unspecified atom stereocenters. The molecule has 0 saturated carbocycles. The van der Waals surface area contributed by atoms with Crippen LogP contribution in [0.15, 0.2) is 243 Å². The summed E-state index contributed by atoms with van der Waals surface area (Å²) in [5, 5.41) is 2.56.